The Hall–Kier alpha value is -1.30. The van der Waals surface area contributed by atoms with Gasteiger partial charge in [0, 0.05) is 6.04 Å². The number of carbonyl (C=O) groups excluding carboxylic acids is 1. The van der Waals surface area contributed by atoms with Crippen molar-refractivity contribution in [1.82, 2.24) is 4.37 Å². The molecule has 0 fully saturated rings. The maximum Gasteiger partial charge on any atom is 0.344 e. The summed E-state index contributed by atoms with van der Waals surface area (Å²) >= 11 is 1.17. The highest BCUT2D eigenvalue weighted by molar-refractivity contribution is 7.11. The van der Waals surface area contributed by atoms with Crippen LogP contribution in [-0.4, -0.2) is 23.0 Å². The van der Waals surface area contributed by atoms with Crippen LogP contribution in [0.25, 0.3) is 0 Å². The Morgan fingerprint density at radius 1 is 1.67 bits per heavy atom. The number of carbonyl (C=O) groups is 1. The number of ether oxygens (including phenoxy) is 1. The lowest BCUT2D eigenvalue weighted by molar-refractivity contribution is 0.0529. The Kier molecular flexibility index (Phi) is 3.90. The fraction of sp³-hybridized carbons (Fsp3) is 0.556. The minimum Gasteiger partial charge on any atom is -0.462 e. The zero-order valence-corrected chi connectivity index (χ0v) is 9.85. The quantitative estimate of drug-likeness (QED) is 0.769. The summed E-state index contributed by atoms with van der Waals surface area (Å²) in [6.45, 7) is 6.04. The molecule has 0 unspecified atom stereocenters. The van der Waals surface area contributed by atoms with Crippen LogP contribution >= 0.6 is 11.5 Å². The minimum absolute atomic E-state index is 0.220. The largest absolute Gasteiger partial charge is 0.462 e. The summed E-state index contributed by atoms with van der Waals surface area (Å²) in [6, 6.07) is 0.220. The fourth-order valence-electron chi connectivity index (χ4n) is 1.06. The van der Waals surface area contributed by atoms with Gasteiger partial charge in [-0.3, -0.25) is 0 Å². The van der Waals surface area contributed by atoms with E-state index in [4.69, 9.17) is 10.5 Å². The highest BCUT2D eigenvalue weighted by atomic mass is 32.1. The van der Waals surface area contributed by atoms with E-state index in [1.165, 1.54) is 11.5 Å². The van der Waals surface area contributed by atoms with Crippen LogP contribution in [0.15, 0.2) is 0 Å². The number of nitrogens with two attached hydrogens (primary N) is 1. The van der Waals surface area contributed by atoms with Crippen molar-refractivity contribution in [3.63, 3.8) is 0 Å². The first-order valence-corrected chi connectivity index (χ1v) is 5.52. The maximum atomic E-state index is 11.6. The molecule has 6 heteroatoms. The highest BCUT2D eigenvalue weighted by Crippen LogP contribution is 2.27. The number of rotatable bonds is 4. The summed E-state index contributed by atoms with van der Waals surface area (Å²) in [7, 11) is 0. The Morgan fingerprint density at radius 3 is 2.87 bits per heavy atom. The van der Waals surface area contributed by atoms with Crippen molar-refractivity contribution >= 4 is 28.3 Å². The third-order valence-corrected chi connectivity index (χ3v) is 2.41. The van der Waals surface area contributed by atoms with Crippen molar-refractivity contribution in [3.8, 4) is 0 Å². The van der Waals surface area contributed by atoms with Gasteiger partial charge in [0.15, 0.2) is 5.82 Å². The van der Waals surface area contributed by atoms with Gasteiger partial charge in [0.1, 0.15) is 10.6 Å². The van der Waals surface area contributed by atoms with E-state index in [1.807, 2.05) is 13.8 Å². The van der Waals surface area contributed by atoms with Crippen molar-refractivity contribution in [2.75, 3.05) is 17.7 Å². The molecule has 0 aliphatic heterocycles. The van der Waals surface area contributed by atoms with Crippen LogP contribution in [0.4, 0.5) is 10.8 Å². The fourth-order valence-corrected chi connectivity index (χ4v) is 1.91. The Balaban J connectivity index is 2.93. The Labute approximate surface area is 92.8 Å². The molecule has 0 bridgehead atoms. The van der Waals surface area contributed by atoms with Gasteiger partial charge >= 0.3 is 5.97 Å². The summed E-state index contributed by atoms with van der Waals surface area (Å²) in [6.07, 6.45) is 0. The van der Waals surface area contributed by atoms with Gasteiger partial charge in [-0.1, -0.05) is 0 Å². The summed E-state index contributed by atoms with van der Waals surface area (Å²) < 4.78 is 8.83. The minimum atomic E-state index is -0.424. The molecule has 1 aromatic heterocycles. The number of hydrogen-bond acceptors (Lipinski definition) is 6. The summed E-state index contributed by atoms with van der Waals surface area (Å²) in [5.41, 5.74) is 5.95. The van der Waals surface area contributed by atoms with Crippen LogP contribution < -0.4 is 11.1 Å². The molecule has 3 N–H and O–H groups in total. The third-order valence-electron chi connectivity index (χ3n) is 1.62. The number of aromatic nitrogens is 1. The average Bonchev–Trinajstić information content (AvgIpc) is 2.46. The molecule has 0 saturated heterocycles. The van der Waals surface area contributed by atoms with Gasteiger partial charge in [0.2, 0.25) is 0 Å². The summed E-state index contributed by atoms with van der Waals surface area (Å²) in [5.74, 6) is -0.200. The first kappa shape index (κ1) is 11.8. The predicted molar refractivity (Wildman–Crippen MR) is 61.2 cm³/mol. The second-order valence-corrected chi connectivity index (χ2v) is 4.06. The van der Waals surface area contributed by atoms with Crippen LogP contribution in [0.1, 0.15) is 31.1 Å². The van der Waals surface area contributed by atoms with Crippen molar-refractivity contribution in [3.05, 3.63) is 5.56 Å². The average molecular weight is 229 g/mol. The number of hydrogen-bond donors (Lipinski definition) is 2. The first-order valence-electron chi connectivity index (χ1n) is 4.75. The predicted octanol–water partition coefficient (Wildman–Crippen LogP) is 1.72. The molecule has 0 radical (unpaired) electrons. The van der Waals surface area contributed by atoms with Crippen molar-refractivity contribution < 1.29 is 9.53 Å². The Bertz CT molecular complexity index is 349. The van der Waals surface area contributed by atoms with Crippen molar-refractivity contribution in [1.29, 1.82) is 0 Å². The smallest absolute Gasteiger partial charge is 0.344 e. The van der Waals surface area contributed by atoms with Crippen molar-refractivity contribution in [2.24, 2.45) is 0 Å². The molecule has 1 aromatic rings. The van der Waals surface area contributed by atoms with Crippen LogP contribution in [-0.2, 0) is 4.74 Å². The van der Waals surface area contributed by atoms with Gasteiger partial charge in [0.25, 0.3) is 0 Å². The highest BCUT2D eigenvalue weighted by Gasteiger charge is 2.20. The number of esters is 1. The molecule has 1 heterocycles. The molecule has 0 amide bonds. The van der Waals surface area contributed by atoms with E-state index in [0.29, 0.717) is 17.2 Å². The molecular weight excluding hydrogens is 214 g/mol. The summed E-state index contributed by atoms with van der Waals surface area (Å²) in [5, 5.41) is 3.78. The molecule has 0 aliphatic carbocycles. The standard InChI is InChI=1S/C9H15N3O2S/c1-4-14-9(13)6-7(10)12-15-8(6)11-5(2)3/h5,11H,4H2,1-3H3,(H2,10,12). The lowest BCUT2D eigenvalue weighted by Crippen LogP contribution is -2.14. The SMILES string of the molecule is CCOC(=O)c1c(N)nsc1NC(C)C. The van der Waals surface area contributed by atoms with E-state index < -0.39 is 5.97 Å². The normalized spacial score (nSPS) is 10.4. The monoisotopic (exact) mass is 229 g/mol. The molecule has 0 aromatic carbocycles. The van der Waals surface area contributed by atoms with E-state index in [1.54, 1.807) is 6.92 Å². The first-order chi connectivity index (χ1) is 7.06. The van der Waals surface area contributed by atoms with Crippen LogP contribution in [0.3, 0.4) is 0 Å². The molecule has 0 spiro atoms. The lowest BCUT2D eigenvalue weighted by atomic mass is 10.3. The molecule has 0 saturated carbocycles. The third kappa shape index (κ3) is 2.82. The lowest BCUT2D eigenvalue weighted by Gasteiger charge is -2.08. The van der Waals surface area contributed by atoms with Gasteiger partial charge in [-0.2, -0.15) is 4.37 Å². The summed E-state index contributed by atoms with van der Waals surface area (Å²) in [4.78, 5) is 11.6. The topological polar surface area (TPSA) is 77.2 Å². The number of nitrogen functional groups attached to an aromatic ring is 1. The zero-order valence-electron chi connectivity index (χ0n) is 9.03. The van der Waals surface area contributed by atoms with Gasteiger partial charge in [-0.05, 0) is 32.3 Å². The number of nitrogens with zero attached hydrogens (tertiary/aromatic N) is 1. The second kappa shape index (κ2) is 4.97. The van der Waals surface area contributed by atoms with E-state index in [2.05, 4.69) is 9.69 Å². The van der Waals surface area contributed by atoms with Crippen LogP contribution in [0.5, 0.6) is 0 Å². The number of nitrogens with one attached hydrogen (secondary N) is 1. The van der Waals surface area contributed by atoms with Crippen LogP contribution in [0, 0.1) is 0 Å². The van der Waals surface area contributed by atoms with E-state index in [0.717, 1.165) is 0 Å². The molecule has 0 aliphatic rings. The molecule has 1 rings (SSSR count). The molecule has 0 atom stereocenters. The van der Waals surface area contributed by atoms with E-state index >= 15 is 0 Å². The van der Waals surface area contributed by atoms with Crippen molar-refractivity contribution in [2.45, 2.75) is 26.8 Å². The van der Waals surface area contributed by atoms with Crippen LogP contribution in [0.2, 0.25) is 0 Å². The molecule has 5 nitrogen and oxygen atoms in total. The maximum absolute atomic E-state index is 11.6. The van der Waals surface area contributed by atoms with E-state index in [-0.39, 0.29) is 11.9 Å². The van der Waals surface area contributed by atoms with E-state index in [9.17, 15) is 4.79 Å². The van der Waals surface area contributed by atoms with Gasteiger partial charge < -0.3 is 15.8 Å². The number of anilines is 2. The van der Waals surface area contributed by atoms with Gasteiger partial charge in [-0.15, -0.1) is 0 Å². The Morgan fingerprint density at radius 2 is 2.33 bits per heavy atom. The molecule has 15 heavy (non-hydrogen) atoms. The van der Waals surface area contributed by atoms with Gasteiger partial charge in [-0.25, -0.2) is 4.79 Å². The van der Waals surface area contributed by atoms with Gasteiger partial charge in [0.05, 0.1) is 6.61 Å². The second-order valence-electron chi connectivity index (χ2n) is 3.29. The molecule has 84 valence electrons. The zero-order chi connectivity index (χ0) is 11.4. The molecular formula is C9H15N3O2S.